The Bertz CT molecular complexity index is 1320. The van der Waals surface area contributed by atoms with E-state index in [4.69, 9.17) is 9.47 Å². The van der Waals surface area contributed by atoms with Gasteiger partial charge in [0.2, 0.25) is 0 Å². The van der Waals surface area contributed by atoms with Gasteiger partial charge in [0.05, 0.1) is 25.3 Å². The summed E-state index contributed by atoms with van der Waals surface area (Å²) in [4.78, 5) is 30.8. The van der Waals surface area contributed by atoms with Crippen molar-refractivity contribution in [2.24, 2.45) is 0 Å². The molecular weight excluding hydrogens is 418 g/mol. The van der Waals surface area contributed by atoms with Gasteiger partial charge in [0.15, 0.2) is 5.43 Å². The van der Waals surface area contributed by atoms with E-state index < -0.39 is 0 Å². The molecule has 7 nitrogen and oxygen atoms in total. The van der Waals surface area contributed by atoms with Crippen LogP contribution < -0.4 is 19.8 Å². The van der Waals surface area contributed by atoms with Crippen LogP contribution in [0.2, 0.25) is 0 Å². The van der Waals surface area contributed by atoms with E-state index in [9.17, 15) is 9.59 Å². The molecule has 0 atom stereocenters. The van der Waals surface area contributed by atoms with Crippen LogP contribution in [-0.4, -0.2) is 55.9 Å². The minimum atomic E-state index is -0.120. The molecule has 0 bridgehead atoms. The van der Waals surface area contributed by atoms with Gasteiger partial charge in [-0.25, -0.2) is 4.79 Å². The second-order valence-corrected chi connectivity index (χ2v) is 8.03. The number of carbonyl (C=O) groups is 1. The van der Waals surface area contributed by atoms with E-state index in [-0.39, 0.29) is 11.5 Å². The summed E-state index contributed by atoms with van der Waals surface area (Å²) in [7, 11) is 3.27. The maximum atomic E-state index is 13.7. The third-order valence-electron chi connectivity index (χ3n) is 6.22. The van der Waals surface area contributed by atoms with E-state index in [0.717, 1.165) is 17.2 Å². The highest BCUT2D eigenvalue weighted by Gasteiger charge is 2.25. The van der Waals surface area contributed by atoms with Crippen LogP contribution in [0.25, 0.3) is 21.8 Å². The number of pyridine rings is 1. The number of nitrogens with zero attached hydrogens (tertiary/aromatic N) is 3. The zero-order valence-electron chi connectivity index (χ0n) is 18.7. The van der Waals surface area contributed by atoms with E-state index in [1.54, 1.807) is 30.9 Å². The molecule has 33 heavy (non-hydrogen) atoms. The molecule has 1 aliphatic rings. The summed E-state index contributed by atoms with van der Waals surface area (Å²) in [5.41, 5.74) is 2.21. The third kappa shape index (κ3) is 3.65. The van der Waals surface area contributed by atoms with Gasteiger partial charge in [-0.3, -0.25) is 9.36 Å². The molecule has 168 valence electrons. The van der Waals surface area contributed by atoms with Crippen molar-refractivity contribution >= 4 is 33.5 Å². The highest BCUT2D eigenvalue weighted by Crippen LogP contribution is 2.29. The maximum Gasteiger partial charge on any atom is 0.329 e. The average molecular weight is 444 g/mol. The molecule has 5 rings (SSSR count). The Balaban J connectivity index is 1.47. The van der Waals surface area contributed by atoms with Crippen molar-refractivity contribution in [3.05, 3.63) is 77.0 Å². The molecule has 1 aromatic heterocycles. The lowest BCUT2D eigenvalue weighted by Crippen LogP contribution is -2.50. The molecule has 1 amide bonds. The van der Waals surface area contributed by atoms with E-state index in [0.29, 0.717) is 48.0 Å². The summed E-state index contributed by atoms with van der Waals surface area (Å²) in [6.45, 7) is 2.48. The van der Waals surface area contributed by atoms with E-state index >= 15 is 0 Å². The van der Waals surface area contributed by atoms with Crippen molar-refractivity contribution in [3.8, 4) is 11.5 Å². The highest BCUT2D eigenvalue weighted by atomic mass is 16.5. The number of benzene rings is 3. The first-order valence-electron chi connectivity index (χ1n) is 10.9. The van der Waals surface area contributed by atoms with Crippen LogP contribution >= 0.6 is 0 Å². The van der Waals surface area contributed by atoms with Crippen molar-refractivity contribution in [1.29, 1.82) is 0 Å². The molecule has 1 aliphatic heterocycles. The fourth-order valence-electron chi connectivity index (χ4n) is 4.47. The van der Waals surface area contributed by atoms with Crippen LogP contribution in [0.1, 0.15) is 0 Å². The summed E-state index contributed by atoms with van der Waals surface area (Å²) in [6.07, 6.45) is 0. The Kier molecular flexibility index (Phi) is 5.38. The Labute approximate surface area is 191 Å². The predicted molar refractivity (Wildman–Crippen MR) is 130 cm³/mol. The largest absolute Gasteiger partial charge is 0.497 e. The summed E-state index contributed by atoms with van der Waals surface area (Å²) in [5, 5.41) is 1.10. The number of methoxy groups -OCH3 is 2. The second kappa shape index (κ2) is 8.50. The standard InChI is InChI=1S/C26H25N3O4/c1-32-19-15-18(16-20(17-19)33-2)27-11-13-28(14-12-27)26(31)29-23-9-5-3-7-21(23)25(30)22-8-4-6-10-24(22)29/h3-10,15-17H,11-14H2,1-2H3. The SMILES string of the molecule is COc1cc(OC)cc(N2CCN(C(=O)n3c4ccccc4c(=O)c4ccccc43)CC2)c1. The molecule has 0 spiro atoms. The molecule has 4 aromatic rings. The molecule has 0 radical (unpaired) electrons. The molecule has 1 fully saturated rings. The van der Waals surface area contributed by atoms with Crippen molar-refractivity contribution in [2.75, 3.05) is 45.3 Å². The Morgan fingerprint density at radius 2 is 1.27 bits per heavy atom. The summed E-state index contributed by atoms with van der Waals surface area (Å²) in [5.74, 6) is 1.46. The quantitative estimate of drug-likeness (QED) is 0.449. The van der Waals surface area contributed by atoms with Gasteiger partial charge in [0.1, 0.15) is 11.5 Å². The van der Waals surface area contributed by atoms with E-state index in [2.05, 4.69) is 4.90 Å². The van der Waals surface area contributed by atoms with Gasteiger partial charge in [-0.1, -0.05) is 24.3 Å². The van der Waals surface area contributed by atoms with Gasteiger partial charge in [-0.05, 0) is 24.3 Å². The lowest BCUT2D eigenvalue weighted by molar-refractivity contribution is 0.198. The first kappa shape index (κ1) is 20.9. The van der Waals surface area contributed by atoms with Gasteiger partial charge in [-0.2, -0.15) is 0 Å². The molecule has 3 aromatic carbocycles. The first-order valence-corrected chi connectivity index (χ1v) is 10.9. The molecular formula is C26H25N3O4. The van der Waals surface area contributed by atoms with Crippen molar-refractivity contribution in [1.82, 2.24) is 9.47 Å². The van der Waals surface area contributed by atoms with Crippen LogP contribution in [0.15, 0.2) is 71.5 Å². The topological polar surface area (TPSA) is 64.0 Å². The summed E-state index contributed by atoms with van der Waals surface area (Å²) in [6, 6.07) is 20.3. The van der Waals surface area contributed by atoms with Crippen LogP contribution in [0.3, 0.4) is 0 Å². The molecule has 7 heteroatoms. The average Bonchev–Trinajstić information content (AvgIpc) is 2.88. The zero-order chi connectivity index (χ0) is 22.9. The minimum Gasteiger partial charge on any atom is -0.497 e. The Hall–Kier alpha value is -4.00. The number of piperazine rings is 1. The number of anilines is 1. The molecule has 0 N–H and O–H groups in total. The summed E-state index contributed by atoms with van der Waals surface area (Å²) < 4.78 is 12.5. The smallest absolute Gasteiger partial charge is 0.329 e. The van der Waals surface area contributed by atoms with Crippen LogP contribution in [0.5, 0.6) is 11.5 Å². The normalized spacial score (nSPS) is 14.0. The maximum absolute atomic E-state index is 13.7. The van der Waals surface area contributed by atoms with E-state index in [1.807, 2.05) is 59.5 Å². The third-order valence-corrected chi connectivity index (χ3v) is 6.22. The van der Waals surface area contributed by atoms with Crippen molar-refractivity contribution in [3.63, 3.8) is 0 Å². The van der Waals surface area contributed by atoms with Gasteiger partial charge >= 0.3 is 6.03 Å². The number of aromatic nitrogens is 1. The number of hydrogen-bond donors (Lipinski definition) is 0. The molecule has 1 saturated heterocycles. The number of rotatable bonds is 3. The lowest BCUT2D eigenvalue weighted by Gasteiger charge is -2.36. The number of carbonyl (C=O) groups excluding carboxylic acids is 1. The van der Waals surface area contributed by atoms with Crippen LogP contribution in [0, 0.1) is 0 Å². The number of amides is 1. The lowest BCUT2D eigenvalue weighted by atomic mass is 10.1. The number of hydrogen-bond acceptors (Lipinski definition) is 5. The minimum absolute atomic E-state index is 0.0537. The second-order valence-electron chi connectivity index (χ2n) is 8.03. The Morgan fingerprint density at radius 1 is 0.758 bits per heavy atom. The zero-order valence-corrected chi connectivity index (χ0v) is 18.7. The monoisotopic (exact) mass is 443 g/mol. The van der Waals surface area contributed by atoms with Gasteiger partial charge in [0, 0.05) is 60.8 Å². The predicted octanol–water partition coefficient (Wildman–Crippen LogP) is 3.96. The van der Waals surface area contributed by atoms with Crippen molar-refractivity contribution in [2.45, 2.75) is 0 Å². The van der Waals surface area contributed by atoms with Gasteiger partial charge < -0.3 is 19.3 Å². The highest BCUT2D eigenvalue weighted by molar-refractivity contribution is 6.02. The van der Waals surface area contributed by atoms with Gasteiger partial charge in [0.25, 0.3) is 0 Å². The fraction of sp³-hybridized carbons (Fsp3) is 0.231. The molecule has 0 aliphatic carbocycles. The van der Waals surface area contributed by atoms with E-state index in [1.165, 1.54) is 0 Å². The van der Waals surface area contributed by atoms with Crippen LogP contribution in [-0.2, 0) is 0 Å². The molecule has 2 heterocycles. The fourth-order valence-corrected chi connectivity index (χ4v) is 4.47. The van der Waals surface area contributed by atoms with Gasteiger partial charge in [-0.15, -0.1) is 0 Å². The van der Waals surface area contributed by atoms with Crippen LogP contribution in [0.4, 0.5) is 10.5 Å². The molecule has 0 unspecified atom stereocenters. The Morgan fingerprint density at radius 3 is 1.79 bits per heavy atom. The number of fused-ring (bicyclic) bond motifs is 2. The van der Waals surface area contributed by atoms with Crippen molar-refractivity contribution < 1.29 is 14.3 Å². The summed E-state index contributed by atoms with van der Waals surface area (Å²) >= 11 is 0. The number of ether oxygens (including phenoxy) is 2. The molecule has 0 saturated carbocycles. The first-order chi connectivity index (χ1) is 16.1. The number of para-hydroxylation sites is 2.